The Morgan fingerprint density at radius 1 is 1.24 bits per heavy atom. The number of H-pyrrole nitrogens is 1. The number of hydrogen-bond donors (Lipinski definition) is 3. The third-order valence-electron chi connectivity index (χ3n) is 4.38. The van der Waals surface area contributed by atoms with Gasteiger partial charge in [0.05, 0.1) is 11.9 Å². The summed E-state index contributed by atoms with van der Waals surface area (Å²) in [5, 5.41) is 7.48. The molecule has 1 amide bonds. The number of pyridine rings is 1. The normalized spacial score (nSPS) is 12.1. The molecule has 0 saturated heterocycles. The van der Waals surface area contributed by atoms with Gasteiger partial charge >= 0.3 is 0 Å². The van der Waals surface area contributed by atoms with Gasteiger partial charge in [-0.2, -0.15) is 0 Å². The largest absolute Gasteiger partial charge is 0.381 e. The maximum absolute atomic E-state index is 12.2. The summed E-state index contributed by atoms with van der Waals surface area (Å²) in [4.78, 5) is 19.7. The van der Waals surface area contributed by atoms with Gasteiger partial charge in [-0.05, 0) is 43.5 Å². The predicted octanol–water partition coefficient (Wildman–Crippen LogP) is 3.75. The zero-order valence-corrected chi connectivity index (χ0v) is 14.7. The summed E-state index contributed by atoms with van der Waals surface area (Å²) in [6, 6.07) is 12.2. The lowest BCUT2D eigenvalue weighted by Crippen LogP contribution is -2.26. The second-order valence-electron chi connectivity index (χ2n) is 6.25. The van der Waals surface area contributed by atoms with Gasteiger partial charge in [0, 0.05) is 29.7 Å². The SMILES string of the molecule is CCC(C)Nc1ccc(C(=O)NCCc2c[nH]c3ccccc23)nc1. The first-order chi connectivity index (χ1) is 12.2. The van der Waals surface area contributed by atoms with Gasteiger partial charge in [-0.15, -0.1) is 0 Å². The molecule has 2 heterocycles. The Morgan fingerprint density at radius 3 is 2.84 bits per heavy atom. The molecule has 2 aromatic heterocycles. The van der Waals surface area contributed by atoms with Gasteiger partial charge in [0.1, 0.15) is 5.69 Å². The number of rotatable bonds is 7. The molecule has 0 aliphatic rings. The molecule has 0 radical (unpaired) electrons. The minimum Gasteiger partial charge on any atom is -0.381 e. The Kier molecular flexibility index (Phi) is 5.33. The summed E-state index contributed by atoms with van der Waals surface area (Å²) in [5.41, 5.74) is 3.70. The van der Waals surface area contributed by atoms with Crippen molar-refractivity contribution in [2.75, 3.05) is 11.9 Å². The van der Waals surface area contributed by atoms with E-state index < -0.39 is 0 Å². The number of amides is 1. The Morgan fingerprint density at radius 2 is 2.08 bits per heavy atom. The van der Waals surface area contributed by atoms with Crippen LogP contribution >= 0.6 is 0 Å². The van der Waals surface area contributed by atoms with Crippen molar-refractivity contribution < 1.29 is 4.79 Å². The zero-order chi connectivity index (χ0) is 17.6. The van der Waals surface area contributed by atoms with Crippen LogP contribution in [0.2, 0.25) is 0 Å². The van der Waals surface area contributed by atoms with Crippen LogP contribution in [0.15, 0.2) is 48.8 Å². The average molecular weight is 336 g/mol. The molecule has 5 heteroatoms. The minimum absolute atomic E-state index is 0.144. The highest BCUT2D eigenvalue weighted by Crippen LogP contribution is 2.17. The molecule has 0 spiro atoms. The maximum Gasteiger partial charge on any atom is 0.269 e. The highest BCUT2D eigenvalue weighted by molar-refractivity contribution is 5.92. The average Bonchev–Trinajstić information content (AvgIpc) is 3.05. The summed E-state index contributed by atoms with van der Waals surface area (Å²) < 4.78 is 0. The van der Waals surface area contributed by atoms with Gasteiger partial charge in [0.25, 0.3) is 5.91 Å². The molecule has 3 N–H and O–H groups in total. The number of aromatic amines is 1. The summed E-state index contributed by atoms with van der Waals surface area (Å²) in [7, 11) is 0. The summed E-state index contributed by atoms with van der Waals surface area (Å²) >= 11 is 0. The fourth-order valence-corrected chi connectivity index (χ4v) is 2.74. The van der Waals surface area contributed by atoms with E-state index in [4.69, 9.17) is 0 Å². The monoisotopic (exact) mass is 336 g/mol. The first-order valence-corrected chi connectivity index (χ1v) is 8.73. The smallest absolute Gasteiger partial charge is 0.269 e. The quantitative estimate of drug-likeness (QED) is 0.615. The van der Waals surface area contributed by atoms with Crippen molar-refractivity contribution in [2.45, 2.75) is 32.7 Å². The van der Waals surface area contributed by atoms with Gasteiger partial charge in [0.2, 0.25) is 0 Å². The first-order valence-electron chi connectivity index (χ1n) is 8.73. The molecule has 3 aromatic rings. The van der Waals surface area contributed by atoms with Gasteiger partial charge in [0.15, 0.2) is 0 Å². The Hall–Kier alpha value is -2.82. The van der Waals surface area contributed by atoms with E-state index in [2.05, 4.69) is 46.6 Å². The Bertz CT molecular complexity index is 838. The van der Waals surface area contributed by atoms with Crippen LogP contribution in [0, 0.1) is 0 Å². The lowest BCUT2D eigenvalue weighted by atomic mass is 10.1. The van der Waals surface area contributed by atoms with Crippen LogP contribution in [0.25, 0.3) is 10.9 Å². The standard InChI is InChI=1S/C20H24N4O/c1-3-14(2)24-16-8-9-19(23-13-16)20(25)21-11-10-15-12-22-18-7-5-4-6-17(15)18/h4-9,12-14,22,24H,3,10-11H2,1-2H3,(H,21,25). The topological polar surface area (TPSA) is 69.8 Å². The van der Waals surface area contributed by atoms with Crippen LogP contribution in [0.1, 0.15) is 36.3 Å². The number of nitrogens with zero attached hydrogens (tertiary/aromatic N) is 1. The van der Waals surface area contributed by atoms with E-state index in [1.807, 2.05) is 24.4 Å². The van der Waals surface area contributed by atoms with E-state index in [9.17, 15) is 4.79 Å². The Labute approximate surface area is 147 Å². The van der Waals surface area contributed by atoms with Crippen LogP contribution in [0.3, 0.4) is 0 Å². The van der Waals surface area contributed by atoms with Gasteiger partial charge in [-0.3, -0.25) is 4.79 Å². The second-order valence-corrected chi connectivity index (χ2v) is 6.25. The third-order valence-corrected chi connectivity index (χ3v) is 4.38. The molecule has 1 aromatic carbocycles. The van der Waals surface area contributed by atoms with E-state index in [0.717, 1.165) is 24.0 Å². The molecule has 1 unspecified atom stereocenters. The molecule has 130 valence electrons. The summed E-state index contributed by atoms with van der Waals surface area (Å²) in [6.45, 7) is 4.82. The van der Waals surface area contributed by atoms with Crippen molar-refractivity contribution >= 4 is 22.5 Å². The molecule has 25 heavy (non-hydrogen) atoms. The van der Waals surface area contributed by atoms with Crippen LogP contribution in [0.4, 0.5) is 5.69 Å². The van der Waals surface area contributed by atoms with Crippen LogP contribution in [0.5, 0.6) is 0 Å². The van der Waals surface area contributed by atoms with Gasteiger partial charge in [-0.25, -0.2) is 4.98 Å². The summed E-state index contributed by atoms with van der Waals surface area (Å²) in [6.07, 6.45) is 5.53. The molecule has 0 fully saturated rings. The van der Waals surface area contributed by atoms with Crippen molar-refractivity contribution in [3.63, 3.8) is 0 Å². The maximum atomic E-state index is 12.2. The number of hydrogen-bond acceptors (Lipinski definition) is 3. The lowest BCUT2D eigenvalue weighted by Gasteiger charge is -2.12. The van der Waals surface area contributed by atoms with Crippen LogP contribution in [-0.2, 0) is 6.42 Å². The molecule has 5 nitrogen and oxygen atoms in total. The van der Waals surface area contributed by atoms with E-state index in [0.29, 0.717) is 18.3 Å². The fourth-order valence-electron chi connectivity index (χ4n) is 2.74. The Balaban J connectivity index is 1.54. The molecular weight excluding hydrogens is 312 g/mol. The van der Waals surface area contributed by atoms with Gasteiger partial charge < -0.3 is 15.6 Å². The number of carbonyl (C=O) groups is 1. The number of aromatic nitrogens is 2. The van der Waals surface area contributed by atoms with Crippen LogP contribution in [-0.4, -0.2) is 28.5 Å². The highest BCUT2D eigenvalue weighted by Gasteiger charge is 2.08. The molecule has 0 bridgehead atoms. The van der Waals surface area contributed by atoms with Crippen molar-refractivity contribution in [3.05, 3.63) is 60.0 Å². The number of anilines is 1. The van der Waals surface area contributed by atoms with Crippen molar-refractivity contribution in [1.29, 1.82) is 0 Å². The summed E-state index contributed by atoms with van der Waals surface area (Å²) in [5.74, 6) is -0.144. The molecular formula is C20H24N4O. The predicted molar refractivity (Wildman–Crippen MR) is 102 cm³/mol. The van der Waals surface area contributed by atoms with Gasteiger partial charge in [-0.1, -0.05) is 25.1 Å². The number of nitrogens with one attached hydrogen (secondary N) is 3. The van der Waals surface area contributed by atoms with Crippen molar-refractivity contribution in [1.82, 2.24) is 15.3 Å². The highest BCUT2D eigenvalue weighted by atomic mass is 16.1. The number of fused-ring (bicyclic) bond motifs is 1. The molecule has 0 saturated carbocycles. The van der Waals surface area contributed by atoms with Crippen molar-refractivity contribution in [2.24, 2.45) is 0 Å². The van der Waals surface area contributed by atoms with E-state index in [1.165, 1.54) is 10.9 Å². The second kappa shape index (κ2) is 7.83. The van der Waals surface area contributed by atoms with E-state index in [1.54, 1.807) is 12.3 Å². The number of carbonyl (C=O) groups excluding carboxylic acids is 1. The molecule has 0 aliphatic carbocycles. The molecule has 3 rings (SSSR count). The third kappa shape index (κ3) is 4.18. The lowest BCUT2D eigenvalue weighted by molar-refractivity contribution is 0.0949. The minimum atomic E-state index is -0.144. The molecule has 0 aliphatic heterocycles. The zero-order valence-electron chi connectivity index (χ0n) is 14.7. The van der Waals surface area contributed by atoms with Crippen LogP contribution < -0.4 is 10.6 Å². The molecule has 1 atom stereocenters. The number of benzene rings is 1. The van der Waals surface area contributed by atoms with E-state index in [-0.39, 0.29) is 5.91 Å². The van der Waals surface area contributed by atoms with Crippen molar-refractivity contribution in [3.8, 4) is 0 Å². The fraction of sp³-hybridized carbons (Fsp3) is 0.300. The van der Waals surface area contributed by atoms with E-state index >= 15 is 0 Å². The number of para-hydroxylation sites is 1. The first kappa shape index (κ1) is 17.0.